The van der Waals surface area contributed by atoms with Crippen molar-refractivity contribution in [3.05, 3.63) is 28.2 Å². The van der Waals surface area contributed by atoms with Gasteiger partial charge < -0.3 is 4.74 Å². The zero-order valence-electron chi connectivity index (χ0n) is 12.0. The number of benzene rings is 1. The topological polar surface area (TPSA) is 26.3 Å². The van der Waals surface area contributed by atoms with E-state index in [4.69, 9.17) is 4.74 Å². The van der Waals surface area contributed by atoms with Gasteiger partial charge in [-0.15, -0.1) is 0 Å². The van der Waals surface area contributed by atoms with E-state index in [-0.39, 0.29) is 5.92 Å². The second-order valence-corrected chi connectivity index (χ2v) is 5.73. The first-order valence-electron chi connectivity index (χ1n) is 6.97. The van der Waals surface area contributed by atoms with Crippen LogP contribution < -0.4 is 4.74 Å². The number of carbonyl (C=O) groups is 1. The average Bonchev–Trinajstić information content (AvgIpc) is 2.41. The van der Waals surface area contributed by atoms with Gasteiger partial charge in [-0.3, -0.25) is 4.79 Å². The van der Waals surface area contributed by atoms with E-state index in [9.17, 15) is 4.79 Å². The smallest absolute Gasteiger partial charge is 0.140 e. The summed E-state index contributed by atoms with van der Waals surface area (Å²) in [4.78, 5) is 12.4. The maximum Gasteiger partial charge on any atom is 0.140 e. The lowest BCUT2D eigenvalue weighted by molar-refractivity contribution is -0.122. The van der Waals surface area contributed by atoms with Crippen LogP contribution in [0.3, 0.4) is 0 Å². The van der Waals surface area contributed by atoms with Gasteiger partial charge >= 0.3 is 0 Å². The predicted octanol–water partition coefficient (Wildman–Crippen LogP) is 4.79. The quantitative estimate of drug-likeness (QED) is 0.686. The van der Waals surface area contributed by atoms with Crippen molar-refractivity contribution in [3.63, 3.8) is 0 Å². The summed E-state index contributed by atoms with van der Waals surface area (Å²) in [5, 5.41) is 0. The summed E-state index contributed by atoms with van der Waals surface area (Å²) < 4.78 is 6.19. The third-order valence-electron chi connectivity index (χ3n) is 3.35. The van der Waals surface area contributed by atoms with Gasteiger partial charge in [-0.1, -0.05) is 42.6 Å². The number of carbonyl (C=O) groups excluding carboxylic acids is 1. The molecule has 0 aliphatic carbocycles. The fourth-order valence-electron chi connectivity index (χ4n) is 2.31. The number of rotatable bonds is 8. The van der Waals surface area contributed by atoms with Crippen LogP contribution in [-0.2, 0) is 11.2 Å². The van der Waals surface area contributed by atoms with Crippen molar-refractivity contribution >= 4 is 21.7 Å². The number of ketones is 1. The first kappa shape index (κ1) is 16.2. The summed E-state index contributed by atoms with van der Waals surface area (Å²) in [6.07, 6.45) is 4.61. The minimum absolute atomic E-state index is 0.202. The van der Waals surface area contributed by atoms with E-state index in [0.29, 0.717) is 12.2 Å². The highest BCUT2D eigenvalue weighted by Gasteiger charge is 2.18. The Morgan fingerprint density at radius 2 is 1.89 bits per heavy atom. The van der Waals surface area contributed by atoms with Crippen LogP contribution >= 0.6 is 15.9 Å². The Morgan fingerprint density at radius 1 is 1.26 bits per heavy atom. The van der Waals surface area contributed by atoms with E-state index < -0.39 is 0 Å². The minimum Gasteiger partial charge on any atom is -0.497 e. The van der Waals surface area contributed by atoms with Crippen LogP contribution in [-0.4, -0.2) is 12.9 Å². The van der Waals surface area contributed by atoms with Gasteiger partial charge in [-0.2, -0.15) is 0 Å². The van der Waals surface area contributed by atoms with Crippen molar-refractivity contribution in [2.24, 2.45) is 5.92 Å². The van der Waals surface area contributed by atoms with E-state index in [2.05, 4.69) is 29.8 Å². The molecule has 0 aliphatic heterocycles. The van der Waals surface area contributed by atoms with Gasteiger partial charge in [0.25, 0.3) is 0 Å². The van der Waals surface area contributed by atoms with Gasteiger partial charge in [-0.25, -0.2) is 0 Å². The van der Waals surface area contributed by atoms with Crippen molar-refractivity contribution in [1.29, 1.82) is 0 Å². The van der Waals surface area contributed by atoms with Gasteiger partial charge in [0.05, 0.1) is 7.11 Å². The van der Waals surface area contributed by atoms with Crippen molar-refractivity contribution in [1.82, 2.24) is 0 Å². The number of hydrogen-bond donors (Lipinski definition) is 0. The summed E-state index contributed by atoms with van der Waals surface area (Å²) in [7, 11) is 1.64. The van der Waals surface area contributed by atoms with Crippen LogP contribution in [0.15, 0.2) is 22.7 Å². The van der Waals surface area contributed by atoms with Crippen LogP contribution in [0.5, 0.6) is 5.75 Å². The monoisotopic (exact) mass is 326 g/mol. The molecule has 1 rings (SSSR count). The number of halogens is 1. The zero-order chi connectivity index (χ0) is 14.3. The Balaban J connectivity index is 2.79. The lowest BCUT2D eigenvalue weighted by Gasteiger charge is -2.15. The molecule has 0 amide bonds. The minimum atomic E-state index is 0.202. The van der Waals surface area contributed by atoms with E-state index >= 15 is 0 Å². The predicted molar refractivity (Wildman–Crippen MR) is 82.7 cm³/mol. The highest BCUT2D eigenvalue weighted by atomic mass is 79.9. The zero-order valence-corrected chi connectivity index (χ0v) is 13.6. The molecule has 1 aromatic carbocycles. The third-order valence-corrected chi connectivity index (χ3v) is 4.12. The van der Waals surface area contributed by atoms with Crippen LogP contribution in [0.4, 0.5) is 0 Å². The molecule has 0 atom stereocenters. The fraction of sp³-hybridized carbons (Fsp3) is 0.562. The van der Waals surface area contributed by atoms with Gasteiger partial charge in [0.15, 0.2) is 0 Å². The highest BCUT2D eigenvalue weighted by molar-refractivity contribution is 9.10. The molecule has 0 aliphatic rings. The van der Waals surface area contributed by atoms with E-state index in [1.807, 2.05) is 18.2 Å². The van der Waals surface area contributed by atoms with Crippen LogP contribution in [0.2, 0.25) is 0 Å². The molecule has 0 radical (unpaired) electrons. The van der Waals surface area contributed by atoms with Crippen molar-refractivity contribution in [2.45, 2.75) is 46.0 Å². The Labute approximate surface area is 124 Å². The molecular weight excluding hydrogens is 304 g/mol. The summed E-state index contributed by atoms with van der Waals surface area (Å²) in [6, 6.07) is 5.78. The summed E-state index contributed by atoms with van der Waals surface area (Å²) >= 11 is 3.51. The summed E-state index contributed by atoms with van der Waals surface area (Å²) in [5.74, 6) is 1.35. The highest BCUT2D eigenvalue weighted by Crippen LogP contribution is 2.25. The van der Waals surface area contributed by atoms with Crippen LogP contribution in [0.25, 0.3) is 0 Å². The maximum atomic E-state index is 12.4. The summed E-state index contributed by atoms with van der Waals surface area (Å²) in [5.41, 5.74) is 1.02. The Hall–Kier alpha value is -0.830. The van der Waals surface area contributed by atoms with Gasteiger partial charge in [0.1, 0.15) is 11.5 Å². The van der Waals surface area contributed by atoms with Crippen LogP contribution in [0.1, 0.15) is 45.1 Å². The van der Waals surface area contributed by atoms with Crippen LogP contribution in [0, 0.1) is 5.92 Å². The fourth-order valence-corrected chi connectivity index (χ4v) is 2.70. The van der Waals surface area contributed by atoms with Gasteiger partial charge in [0.2, 0.25) is 0 Å². The largest absolute Gasteiger partial charge is 0.497 e. The number of hydrogen-bond acceptors (Lipinski definition) is 2. The third kappa shape index (κ3) is 4.98. The SMILES string of the molecule is CCCC(CCC)C(=O)Cc1cc(OC)ccc1Br. The lowest BCUT2D eigenvalue weighted by Crippen LogP contribution is -2.17. The van der Waals surface area contributed by atoms with E-state index in [1.165, 1.54) is 0 Å². The molecule has 2 nitrogen and oxygen atoms in total. The number of methoxy groups -OCH3 is 1. The average molecular weight is 327 g/mol. The first-order valence-corrected chi connectivity index (χ1v) is 7.76. The molecule has 0 fully saturated rings. The molecule has 0 spiro atoms. The molecule has 0 heterocycles. The summed E-state index contributed by atoms with van der Waals surface area (Å²) in [6.45, 7) is 4.27. The number of Topliss-reactive ketones (excluding diaryl/α,β-unsaturated/α-hetero) is 1. The second kappa shape index (κ2) is 8.36. The molecule has 0 saturated carbocycles. The molecule has 0 unspecified atom stereocenters. The first-order chi connectivity index (χ1) is 9.12. The molecular formula is C16H23BrO2. The Bertz CT molecular complexity index is 409. The molecule has 0 bridgehead atoms. The second-order valence-electron chi connectivity index (χ2n) is 4.87. The van der Waals surface area contributed by atoms with E-state index in [0.717, 1.165) is 41.5 Å². The molecule has 0 N–H and O–H groups in total. The Morgan fingerprint density at radius 3 is 2.42 bits per heavy atom. The molecule has 0 aromatic heterocycles. The molecule has 19 heavy (non-hydrogen) atoms. The molecule has 3 heteroatoms. The van der Waals surface area contributed by atoms with E-state index in [1.54, 1.807) is 7.11 Å². The molecule has 1 aromatic rings. The lowest BCUT2D eigenvalue weighted by atomic mass is 9.90. The normalized spacial score (nSPS) is 10.8. The Kier molecular flexibility index (Phi) is 7.14. The molecule has 0 saturated heterocycles. The number of ether oxygens (including phenoxy) is 1. The van der Waals surface area contributed by atoms with Crippen molar-refractivity contribution in [3.8, 4) is 5.75 Å². The van der Waals surface area contributed by atoms with Gasteiger partial charge in [-0.05, 0) is 36.6 Å². The molecule has 106 valence electrons. The van der Waals surface area contributed by atoms with Crippen molar-refractivity contribution in [2.75, 3.05) is 7.11 Å². The maximum absolute atomic E-state index is 12.4. The standard InChI is InChI=1S/C16H23BrO2/c1-4-6-12(7-5-2)16(18)11-13-10-14(19-3)8-9-15(13)17/h8-10,12H,4-7,11H2,1-3H3. The van der Waals surface area contributed by atoms with Gasteiger partial charge in [0, 0.05) is 16.8 Å². The van der Waals surface area contributed by atoms with Crippen molar-refractivity contribution < 1.29 is 9.53 Å².